The SMILES string of the molecule is N#Cc1ccccc1CCc1ccc(/C=C(\O)C(=O)O)nc1. The van der Waals surface area contributed by atoms with Crippen LogP contribution in [0, 0.1) is 11.3 Å². The van der Waals surface area contributed by atoms with Crippen molar-refractivity contribution in [3.05, 3.63) is 70.7 Å². The Bertz CT molecular complexity index is 743. The minimum absolute atomic E-state index is 0.376. The topological polar surface area (TPSA) is 94.2 Å². The maximum atomic E-state index is 10.5. The van der Waals surface area contributed by atoms with E-state index in [-0.39, 0.29) is 0 Å². The van der Waals surface area contributed by atoms with Crippen molar-refractivity contribution in [3.8, 4) is 6.07 Å². The second-order valence-electron chi connectivity index (χ2n) is 4.69. The molecule has 0 unspecified atom stereocenters. The van der Waals surface area contributed by atoms with Gasteiger partial charge in [-0.1, -0.05) is 24.3 Å². The summed E-state index contributed by atoms with van der Waals surface area (Å²) in [5.74, 6) is -2.14. The maximum absolute atomic E-state index is 10.5. The van der Waals surface area contributed by atoms with Crippen LogP contribution in [0.4, 0.5) is 0 Å². The van der Waals surface area contributed by atoms with Crippen LogP contribution in [0.25, 0.3) is 6.08 Å². The fourth-order valence-electron chi connectivity index (χ4n) is 2.00. The number of aliphatic hydroxyl groups is 1. The number of nitrogens with zero attached hydrogens (tertiary/aromatic N) is 2. The van der Waals surface area contributed by atoms with E-state index in [4.69, 9.17) is 15.5 Å². The molecule has 2 rings (SSSR count). The molecular formula is C17H14N2O3. The van der Waals surface area contributed by atoms with Crippen molar-refractivity contribution in [1.82, 2.24) is 4.98 Å². The van der Waals surface area contributed by atoms with E-state index in [1.165, 1.54) is 0 Å². The molecule has 0 fully saturated rings. The van der Waals surface area contributed by atoms with Crippen molar-refractivity contribution in [3.63, 3.8) is 0 Å². The molecule has 1 aromatic carbocycles. The zero-order valence-corrected chi connectivity index (χ0v) is 11.7. The normalized spacial score (nSPS) is 11.0. The lowest BCUT2D eigenvalue weighted by Gasteiger charge is -2.04. The molecule has 0 radical (unpaired) electrons. The van der Waals surface area contributed by atoms with Crippen LogP contribution in [0.1, 0.15) is 22.4 Å². The molecule has 0 spiro atoms. The minimum atomic E-state index is -1.39. The number of nitriles is 1. The standard InChI is InChI=1S/C17H14N2O3/c18-10-14-4-2-1-3-13(14)7-5-12-6-8-15(19-11-12)9-16(20)17(21)22/h1-4,6,8-9,11,20H,5,7H2,(H,21,22)/b16-9-. The Morgan fingerprint density at radius 1 is 1.18 bits per heavy atom. The predicted octanol–water partition coefficient (Wildman–Crippen LogP) is 2.72. The lowest BCUT2D eigenvalue weighted by Crippen LogP contribution is -1.99. The fourth-order valence-corrected chi connectivity index (χ4v) is 2.00. The molecule has 5 heteroatoms. The Balaban J connectivity index is 2.05. The lowest BCUT2D eigenvalue weighted by molar-refractivity contribution is -0.135. The third-order valence-electron chi connectivity index (χ3n) is 3.17. The number of aliphatic carboxylic acids is 1. The highest BCUT2D eigenvalue weighted by Crippen LogP contribution is 2.12. The number of rotatable bonds is 5. The van der Waals surface area contributed by atoms with Crippen molar-refractivity contribution in [1.29, 1.82) is 5.26 Å². The summed E-state index contributed by atoms with van der Waals surface area (Å²) in [6.45, 7) is 0. The highest BCUT2D eigenvalue weighted by Gasteiger charge is 2.05. The van der Waals surface area contributed by atoms with Gasteiger partial charge in [0.1, 0.15) is 0 Å². The number of carboxylic acids is 1. The van der Waals surface area contributed by atoms with Crippen LogP contribution >= 0.6 is 0 Å². The molecule has 22 heavy (non-hydrogen) atoms. The number of carboxylic acid groups (broad SMARTS) is 1. The van der Waals surface area contributed by atoms with Gasteiger partial charge < -0.3 is 10.2 Å². The molecule has 2 N–H and O–H groups in total. The average molecular weight is 294 g/mol. The van der Waals surface area contributed by atoms with E-state index in [0.29, 0.717) is 11.3 Å². The first kappa shape index (κ1) is 15.3. The van der Waals surface area contributed by atoms with Crippen molar-refractivity contribution in [2.45, 2.75) is 12.8 Å². The van der Waals surface area contributed by atoms with Crippen LogP contribution in [0.2, 0.25) is 0 Å². The number of aromatic nitrogens is 1. The number of aryl methyl sites for hydroxylation is 2. The number of carbonyl (C=O) groups is 1. The van der Waals surface area contributed by atoms with Crippen LogP contribution in [0.5, 0.6) is 0 Å². The quantitative estimate of drug-likeness (QED) is 0.653. The van der Waals surface area contributed by atoms with Gasteiger partial charge in [-0.15, -0.1) is 0 Å². The Hall–Kier alpha value is -3.13. The summed E-state index contributed by atoms with van der Waals surface area (Å²) in [6, 6.07) is 13.1. The third kappa shape index (κ3) is 3.93. The highest BCUT2D eigenvalue weighted by molar-refractivity contribution is 5.88. The molecule has 1 aromatic heterocycles. The van der Waals surface area contributed by atoms with Gasteiger partial charge in [-0.3, -0.25) is 4.98 Å². The molecule has 0 saturated heterocycles. The van der Waals surface area contributed by atoms with Crippen LogP contribution in [0.3, 0.4) is 0 Å². The molecular weight excluding hydrogens is 280 g/mol. The number of benzene rings is 1. The van der Waals surface area contributed by atoms with Gasteiger partial charge >= 0.3 is 5.97 Å². The van der Waals surface area contributed by atoms with Crippen LogP contribution in [-0.4, -0.2) is 21.2 Å². The zero-order valence-electron chi connectivity index (χ0n) is 11.7. The fraction of sp³-hybridized carbons (Fsp3) is 0.118. The zero-order chi connectivity index (χ0) is 15.9. The Kier molecular flexibility index (Phi) is 4.89. The second-order valence-corrected chi connectivity index (χ2v) is 4.69. The summed E-state index contributed by atoms with van der Waals surface area (Å²) >= 11 is 0. The van der Waals surface area contributed by atoms with Crippen LogP contribution < -0.4 is 0 Å². The first-order chi connectivity index (χ1) is 10.6. The van der Waals surface area contributed by atoms with E-state index in [0.717, 1.165) is 30.0 Å². The molecule has 5 nitrogen and oxygen atoms in total. The molecule has 0 bridgehead atoms. The average Bonchev–Trinajstić information content (AvgIpc) is 2.54. The maximum Gasteiger partial charge on any atom is 0.371 e. The molecule has 0 aliphatic rings. The summed E-state index contributed by atoms with van der Waals surface area (Å²) in [4.78, 5) is 14.6. The molecule has 0 aliphatic heterocycles. The number of pyridine rings is 1. The van der Waals surface area contributed by atoms with E-state index < -0.39 is 11.7 Å². The van der Waals surface area contributed by atoms with Crippen molar-refractivity contribution in [2.75, 3.05) is 0 Å². The summed E-state index contributed by atoms with van der Waals surface area (Å²) in [5, 5.41) is 26.8. The van der Waals surface area contributed by atoms with Crippen molar-refractivity contribution in [2.24, 2.45) is 0 Å². The molecule has 1 heterocycles. The van der Waals surface area contributed by atoms with Gasteiger partial charge in [-0.05, 0) is 36.1 Å². The van der Waals surface area contributed by atoms with Gasteiger partial charge in [0.25, 0.3) is 0 Å². The Morgan fingerprint density at radius 3 is 2.59 bits per heavy atom. The minimum Gasteiger partial charge on any atom is -0.502 e. The summed E-state index contributed by atoms with van der Waals surface area (Å²) in [7, 11) is 0. The largest absolute Gasteiger partial charge is 0.502 e. The molecule has 0 saturated carbocycles. The Morgan fingerprint density at radius 2 is 1.95 bits per heavy atom. The van der Waals surface area contributed by atoms with E-state index in [2.05, 4.69) is 11.1 Å². The second kappa shape index (κ2) is 7.04. The van der Waals surface area contributed by atoms with E-state index in [1.54, 1.807) is 18.3 Å². The number of hydrogen-bond acceptors (Lipinski definition) is 4. The smallest absolute Gasteiger partial charge is 0.371 e. The van der Waals surface area contributed by atoms with Gasteiger partial charge in [-0.2, -0.15) is 5.26 Å². The predicted molar refractivity (Wildman–Crippen MR) is 81.0 cm³/mol. The Labute approximate surface area is 127 Å². The van der Waals surface area contributed by atoms with Crippen molar-refractivity contribution >= 4 is 12.0 Å². The summed E-state index contributed by atoms with van der Waals surface area (Å²) in [5.41, 5.74) is 3.00. The van der Waals surface area contributed by atoms with Gasteiger partial charge in [0.2, 0.25) is 5.76 Å². The number of hydrogen-bond donors (Lipinski definition) is 2. The lowest BCUT2D eigenvalue weighted by atomic mass is 10.0. The van der Waals surface area contributed by atoms with Crippen molar-refractivity contribution < 1.29 is 15.0 Å². The van der Waals surface area contributed by atoms with E-state index in [9.17, 15) is 4.79 Å². The molecule has 110 valence electrons. The van der Waals surface area contributed by atoms with Gasteiger partial charge in [0, 0.05) is 12.3 Å². The molecule has 0 aliphatic carbocycles. The van der Waals surface area contributed by atoms with Gasteiger partial charge in [-0.25, -0.2) is 4.79 Å². The summed E-state index contributed by atoms with van der Waals surface area (Å²) in [6.07, 6.45) is 4.18. The first-order valence-electron chi connectivity index (χ1n) is 6.67. The van der Waals surface area contributed by atoms with Crippen LogP contribution in [-0.2, 0) is 17.6 Å². The summed E-state index contributed by atoms with van der Waals surface area (Å²) < 4.78 is 0. The molecule has 0 amide bonds. The molecule has 2 aromatic rings. The monoisotopic (exact) mass is 294 g/mol. The first-order valence-corrected chi connectivity index (χ1v) is 6.67. The van der Waals surface area contributed by atoms with Crippen LogP contribution in [0.15, 0.2) is 48.4 Å². The van der Waals surface area contributed by atoms with Gasteiger partial charge in [0.05, 0.1) is 17.3 Å². The highest BCUT2D eigenvalue weighted by atomic mass is 16.4. The van der Waals surface area contributed by atoms with E-state index >= 15 is 0 Å². The van der Waals surface area contributed by atoms with Gasteiger partial charge in [0.15, 0.2) is 0 Å². The third-order valence-corrected chi connectivity index (χ3v) is 3.17. The van der Waals surface area contributed by atoms with E-state index in [1.807, 2.05) is 24.3 Å². The number of aliphatic hydroxyl groups excluding tert-OH is 1. The molecule has 0 atom stereocenters.